The fourth-order valence-electron chi connectivity index (χ4n) is 3.38. The molecule has 0 aliphatic carbocycles. The molecule has 2 heterocycles. The van der Waals surface area contributed by atoms with Crippen molar-refractivity contribution in [3.05, 3.63) is 24.3 Å². The smallest absolute Gasteiger partial charge is 0.232 e. The molecule has 23 heavy (non-hydrogen) atoms. The topological polar surface area (TPSA) is 41.6 Å². The number of benzene rings is 1. The molecular weight excluding hydrogens is 332 g/mol. The predicted molar refractivity (Wildman–Crippen MR) is 96.6 cm³/mol. The zero-order valence-corrected chi connectivity index (χ0v) is 15.1. The van der Waals surface area contributed by atoms with Crippen LogP contribution in [0.25, 0.3) is 0 Å². The molecule has 1 aromatic carbocycles. The molecule has 4 nitrogen and oxygen atoms in total. The number of hydrogen-bond acceptors (Lipinski definition) is 4. The molecule has 1 N–H and O–H groups in total. The van der Waals surface area contributed by atoms with Gasteiger partial charge in [0, 0.05) is 18.0 Å². The van der Waals surface area contributed by atoms with Gasteiger partial charge in [-0.15, -0.1) is 24.2 Å². The maximum atomic E-state index is 12.4. The molecule has 128 valence electrons. The van der Waals surface area contributed by atoms with Crippen LogP contribution in [0.15, 0.2) is 29.2 Å². The average molecular weight is 357 g/mol. The number of halogens is 1. The number of fused-ring (bicyclic) bond motifs is 1. The minimum atomic E-state index is 0. The molecule has 3 rings (SSSR count). The Balaban J connectivity index is 0.00000192. The van der Waals surface area contributed by atoms with Crippen molar-refractivity contribution in [3.8, 4) is 5.75 Å². The summed E-state index contributed by atoms with van der Waals surface area (Å²) in [4.78, 5) is 15.6. The molecule has 0 saturated carbocycles. The van der Waals surface area contributed by atoms with E-state index in [1.165, 1.54) is 0 Å². The summed E-state index contributed by atoms with van der Waals surface area (Å²) < 4.78 is 5.15. The Morgan fingerprint density at radius 2 is 1.83 bits per heavy atom. The van der Waals surface area contributed by atoms with Gasteiger partial charge < -0.3 is 15.0 Å². The molecule has 1 amide bonds. The zero-order chi connectivity index (χ0) is 15.4. The fraction of sp³-hybridized carbons (Fsp3) is 0.588. The van der Waals surface area contributed by atoms with Crippen molar-refractivity contribution in [2.45, 2.75) is 17.7 Å². The van der Waals surface area contributed by atoms with Crippen LogP contribution in [-0.2, 0) is 4.79 Å². The summed E-state index contributed by atoms with van der Waals surface area (Å²) in [5, 5.41) is 3.47. The maximum absolute atomic E-state index is 12.4. The lowest BCUT2D eigenvalue weighted by molar-refractivity contribution is -0.128. The van der Waals surface area contributed by atoms with E-state index in [-0.39, 0.29) is 18.3 Å². The molecule has 2 aliphatic rings. The van der Waals surface area contributed by atoms with Crippen LogP contribution in [0.3, 0.4) is 0 Å². The van der Waals surface area contributed by atoms with Gasteiger partial charge >= 0.3 is 0 Å². The van der Waals surface area contributed by atoms with E-state index in [9.17, 15) is 4.79 Å². The number of carbonyl (C=O) groups is 1. The van der Waals surface area contributed by atoms with Crippen molar-refractivity contribution in [1.29, 1.82) is 0 Å². The lowest BCUT2D eigenvalue weighted by Crippen LogP contribution is -2.34. The number of rotatable bonds is 4. The number of nitrogens with zero attached hydrogens (tertiary/aromatic N) is 1. The molecule has 2 aliphatic heterocycles. The van der Waals surface area contributed by atoms with Gasteiger partial charge in [-0.3, -0.25) is 4.79 Å². The quantitative estimate of drug-likeness (QED) is 0.842. The number of ether oxygens (including phenoxy) is 1. The molecular formula is C17H25ClN2O2S. The summed E-state index contributed by atoms with van der Waals surface area (Å²) in [7, 11) is 1.66. The highest BCUT2D eigenvalue weighted by atomic mass is 35.5. The summed E-state index contributed by atoms with van der Waals surface area (Å²) in [5.41, 5.74) is 0. The van der Waals surface area contributed by atoms with Crippen LogP contribution in [0.1, 0.15) is 12.8 Å². The van der Waals surface area contributed by atoms with Gasteiger partial charge in [0.05, 0.1) is 12.9 Å². The van der Waals surface area contributed by atoms with Crippen LogP contribution in [0.5, 0.6) is 5.75 Å². The summed E-state index contributed by atoms with van der Waals surface area (Å²) in [5.74, 6) is 3.19. The van der Waals surface area contributed by atoms with Gasteiger partial charge in [-0.1, -0.05) is 0 Å². The highest BCUT2D eigenvalue weighted by Gasteiger charge is 2.31. The third kappa shape index (κ3) is 4.78. The van der Waals surface area contributed by atoms with Gasteiger partial charge in [-0.25, -0.2) is 0 Å². The third-order valence-electron chi connectivity index (χ3n) is 4.79. The maximum Gasteiger partial charge on any atom is 0.232 e. The first-order chi connectivity index (χ1) is 10.8. The van der Waals surface area contributed by atoms with Crippen molar-refractivity contribution in [2.75, 3.05) is 39.0 Å². The van der Waals surface area contributed by atoms with Gasteiger partial charge in [-0.05, 0) is 62.0 Å². The van der Waals surface area contributed by atoms with E-state index in [0.717, 1.165) is 61.5 Å². The van der Waals surface area contributed by atoms with E-state index in [1.807, 2.05) is 24.3 Å². The van der Waals surface area contributed by atoms with Crippen LogP contribution in [0.4, 0.5) is 0 Å². The standard InChI is InChI=1S/C17H24N2O2S.ClH/c1-21-15-2-4-16(5-3-15)22-12-17(20)19-8-6-13-10-18-11-14(13)7-9-19;/h2-5,13-14,18H,6-12H2,1H3;1H/t13-,14+;. The molecule has 2 saturated heterocycles. The van der Waals surface area contributed by atoms with Crippen LogP contribution < -0.4 is 10.1 Å². The van der Waals surface area contributed by atoms with E-state index in [4.69, 9.17) is 4.74 Å². The Morgan fingerprint density at radius 3 is 2.39 bits per heavy atom. The van der Waals surface area contributed by atoms with E-state index in [2.05, 4.69) is 10.2 Å². The predicted octanol–water partition coefficient (Wildman–Crippen LogP) is 2.67. The van der Waals surface area contributed by atoms with E-state index >= 15 is 0 Å². The second-order valence-corrected chi connectivity index (χ2v) is 7.15. The highest BCUT2D eigenvalue weighted by Crippen LogP contribution is 2.28. The lowest BCUT2D eigenvalue weighted by atomic mass is 9.92. The monoisotopic (exact) mass is 356 g/mol. The van der Waals surface area contributed by atoms with Gasteiger partial charge in [0.2, 0.25) is 5.91 Å². The Labute approximate surface area is 148 Å². The van der Waals surface area contributed by atoms with Crippen LogP contribution in [0, 0.1) is 11.8 Å². The van der Waals surface area contributed by atoms with E-state index < -0.39 is 0 Å². The number of nitrogens with one attached hydrogen (secondary N) is 1. The number of carbonyl (C=O) groups excluding carboxylic acids is 1. The molecule has 1 aromatic rings. The minimum Gasteiger partial charge on any atom is -0.497 e. The first-order valence-electron chi connectivity index (χ1n) is 8.01. The summed E-state index contributed by atoms with van der Waals surface area (Å²) in [6.07, 6.45) is 2.30. The Morgan fingerprint density at radius 1 is 1.22 bits per heavy atom. The van der Waals surface area contributed by atoms with Gasteiger partial charge in [0.25, 0.3) is 0 Å². The molecule has 6 heteroatoms. The average Bonchev–Trinajstić information content (AvgIpc) is 2.91. The number of thioether (sulfide) groups is 1. The highest BCUT2D eigenvalue weighted by molar-refractivity contribution is 8.00. The fourth-order valence-corrected chi connectivity index (χ4v) is 4.18. The SMILES string of the molecule is COc1ccc(SCC(=O)N2CC[C@@H]3CNC[C@@H]3CC2)cc1.Cl. The van der Waals surface area contributed by atoms with Crippen LogP contribution in [-0.4, -0.2) is 49.8 Å². The first-order valence-corrected chi connectivity index (χ1v) is 9.00. The Kier molecular flexibility index (Phi) is 7.06. The molecule has 0 bridgehead atoms. The van der Waals surface area contributed by atoms with E-state index in [0.29, 0.717) is 5.75 Å². The number of methoxy groups -OCH3 is 1. The summed E-state index contributed by atoms with van der Waals surface area (Å²) >= 11 is 1.61. The molecule has 0 unspecified atom stereocenters. The van der Waals surface area contributed by atoms with Crippen LogP contribution >= 0.6 is 24.2 Å². The minimum absolute atomic E-state index is 0. The lowest BCUT2D eigenvalue weighted by Gasteiger charge is -2.20. The van der Waals surface area contributed by atoms with Crippen molar-refractivity contribution >= 4 is 30.1 Å². The Hall–Kier alpha value is -0.910. The number of amides is 1. The summed E-state index contributed by atoms with van der Waals surface area (Å²) in [6, 6.07) is 7.89. The van der Waals surface area contributed by atoms with Crippen molar-refractivity contribution < 1.29 is 9.53 Å². The normalized spacial score (nSPS) is 23.6. The summed E-state index contributed by atoms with van der Waals surface area (Å²) in [6.45, 7) is 4.11. The number of likely N-dealkylation sites (tertiary alicyclic amines) is 1. The zero-order valence-electron chi connectivity index (χ0n) is 13.5. The molecule has 0 spiro atoms. The second kappa shape index (κ2) is 8.81. The van der Waals surface area contributed by atoms with Crippen LogP contribution in [0.2, 0.25) is 0 Å². The van der Waals surface area contributed by atoms with Gasteiger partial charge in [0.1, 0.15) is 5.75 Å². The van der Waals surface area contributed by atoms with E-state index in [1.54, 1.807) is 18.9 Å². The van der Waals surface area contributed by atoms with Crippen molar-refractivity contribution in [1.82, 2.24) is 10.2 Å². The largest absolute Gasteiger partial charge is 0.497 e. The first kappa shape index (κ1) is 18.4. The second-order valence-electron chi connectivity index (χ2n) is 6.10. The molecule has 0 radical (unpaired) electrons. The van der Waals surface area contributed by atoms with Crippen molar-refractivity contribution in [3.63, 3.8) is 0 Å². The number of hydrogen-bond donors (Lipinski definition) is 1. The Bertz CT molecular complexity index is 498. The molecule has 0 aromatic heterocycles. The third-order valence-corrected chi connectivity index (χ3v) is 5.79. The van der Waals surface area contributed by atoms with Gasteiger partial charge in [0.15, 0.2) is 0 Å². The van der Waals surface area contributed by atoms with Gasteiger partial charge in [-0.2, -0.15) is 0 Å². The molecule has 2 fully saturated rings. The van der Waals surface area contributed by atoms with Crippen molar-refractivity contribution in [2.24, 2.45) is 11.8 Å². The molecule has 2 atom stereocenters.